The molecule has 2 amide bonds. The molecule has 106 valence electrons. The summed E-state index contributed by atoms with van der Waals surface area (Å²) in [5.41, 5.74) is 0.842. The molecule has 19 heavy (non-hydrogen) atoms. The SMILES string of the molecule is C=C(C)NC(=O)OCC(C=O)COC(=O)NC(=C)C. The van der Waals surface area contributed by atoms with Crippen LogP contribution in [0.3, 0.4) is 0 Å². The molecule has 0 aromatic rings. The second-order valence-corrected chi connectivity index (χ2v) is 3.90. The molecule has 0 aliphatic rings. The molecule has 0 radical (unpaired) electrons. The van der Waals surface area contributed by atoms with Crippen LogP contribution in [-0.2, 0) is 14.3 Å². The molecule has 0 saturated carbocycles. The number of carbonyl (C=O) groups excluding carboxylic acids is 3. The van der Waals surface area contributed by atoms with Gasteiger partial charge in [0, 0.05) is 11.4 Å². The fourth-order valence-electron chi connectivity index (χ4n) is 0.913. The van der Waals surface area contributed by atoms with Gasteiger partial charge >= 0.3 is 12.2 Å². The van der Waals surface area contributed by atoms with Crippen LogP contribution in [0.15, 0.2) is 24.6 Å². The van der Waals surface area contributed by atoms with Gasteiger partial charge in [0.05, 0.1) is 5.92 Å². The lowest BCUT2D eigenvalue weighted by atomic mass is 10.2. The molecular formula is C12H18N2O5. The lowest BCUT2D eigenvalue weighted by Crippen LogP contribution is -2.29. The molecule has 7 heteroatoms. The van der Waals surface area contributed by atoms with Crippen LogP contribution in [0, 0.1) is 5.92 Å². The Balaban J connectivity index is 3.98. The summed E-state index contributed by atoms with van der Waals surface area (Å²) in [6.07, 6.45) is -0.890. The third-order valence-electron chi connectivity index (χ3n) is 1.68. The van der Waals surface area contributed by atoms with Crippen molar-refractivity contribution in [1.29, 1.82) is 0 Å². The van der Waals surface area contributed by atoms with E-state index >= 15 is 0 Å². The first-order valence-corrected chi connectivity index (χ1v) is 5.49. The highest BCUT2D eigenvalue weighted by Crippen LogP contribution is 1.97. The van der Waals surface area contributed by atoms with Crippen molar-refractivity contribution in [3.8, 4) is 0 Å². The molecule has 7 nitrogen and oxygen atoms in total. The van der Waals surface area contributed by atoms with E-state index in [1.54, 1.807) is 13.8 Å². The fraction of sp³-hybridized carbons (Fsp3) is 0.417. The summed E-state index contributed by atoms with van der Waals surface area (Å²) >= 11 is 0. The van der Waals surface area contributed by atoms with E-state index in [0.717, 1.165) is 0 Å². The van der Waals surface area contributed by atoms with Gasteiger partial charge in [0.2, 0.25) is 0 Å². The van der Waals surface area contributed by atoms with E-state index in [9.17, 15) is 14.4 Å². The molecule has 0 unspecified atom stereocenters. The van der Waals surface area contributed by atoms with Gasteiger partial charge in [-0.3, -0.25) is 10.6 Å². The van der Waals surface area contributed by atoms with Crippen LogP contribution in [0.2, 0.25) is 0 Å². The highest BCUT2D eigenvalue weighted by Gasteiger charge is 2.14. The summed E-state index contributed by atoms with van der Waals surface area (Å²) in [6.45, 7) is 9.71. The number of allylic oxidation sites excluding steroid dienone is 2. The first kappa shape index (κ1) is 16.7. The number of hydrogen-bond acceptors (Lipinski definition) is 5. The minimum atomic E-state index is -0.730. The molecule has 0 fully saturated rings. The Morgan fingerprint density at radius 3 is 1.68 bits per heavy atom. The van der Waals surface area contributed by atoms with Crippen molar-refractivity contribution in [3.63, 3.8) is 0 Å². The van der Waals surface area contributed by atoms with Crippen molar-refractivity contribution in [2.24, 2.45) is 5.92 Å². The van der Waals surface area contributed by atoms with Gasteiger partial charge in [-0.05, 0) is 13.8 Å². The van der Waals surface area contributed by atoms with Gasteiger partial charge in [-0.25, -0.2) is 9.59 Å². The minimum absolute atomic E-state index is 0.192. The molecule has 0 aromatic heterocycles. The van der Waals surface area contributed by atoms with Gasteiger partial charge in [0.1, 0.15) is 19.5 Å². The molecule has 2 N–H and O–H groups in total. The summed E-state index contributed by atoms with van der Waals surface area (Å²) < 4.78 is 9.50. The lowest BCUT2D eigenvalue weighted by molar-refractivity contribution is -0.113. The summed E-state index contributed by atoms with van der Waals surface area (Å²) in [5.74, 6) is -0.730. The molecule has 0 aromatic carbocycles. The van der Waals surface area contributed by atoms with Crippen LogP contribution in [0.4, 0.5) is 9.59 Å². The number of carbonyl (C=O) groups is 3. The third kappa shape index (κ3) is 9.40. The van der Waals surface area contributed by atoms with Crippen molar-refractivity contribution < 1.29 is 23.9 Å². The highest BCUT2D eigenvalue weighted by molar-refractivity contribution is 5.70. The third-order valence-corrected chi connectivity index (χ3v) is 1.68. The summed E-state index contributed by atoms with van der Waals surface area (Å²) in [4.78, 5) is 32.9. The number of nitrogens with one attached hydrogen (secondary N) is 2. The smallest absolute Gasteiger partial charge is 0.411 e. The monoisotopic (exact) mass is 270 g/mol. The van der Waals surface area contributed by atoms with Gasteiger partial charge < -0.3 is 14.3 Å². The van der Waals surface area contributed by atoms with Crippen LogP contribution >= 0.6 is 0 Å². The molecule has 0 heterocycles. The van der Waals surface area contributed by atoms with Gasteiger partial charge in [-0.1, -0.05) is 13.2 Å². The lowest BCUT2D eigenvalue weighted by Gasteiger charge is -2.12. The van der Waals surface area contributed by atoms with Crippen LogP contribution in [0.25, 0.3) is 0 Å². The van der Waals surface area contributed by atoms with Gasteiger partial charge in [0.15, 0.2) is 0 Å². The summed E-state index contributed by atoms with van der Waals surface area (Å²) in [6, 6.07) is 0. The normalized spacial score (nSPS) is 9.42. The van der Waals surface area contributed by atoms with Crippen molar-refractivity contribution >= 4 is 18.5 Å². The van der Waals surface area contributed by atoms with E-state index in [1.807, 2.05) is 0 Å². The van der Waals surface area contributed by atoms with Crippen molar-refractivity contribution in [1.82, 2.24) is 10.6 Å². The molecule has 0 bridgehead atoms. The van der Waals surface area contributed by atoms with Crippen molar-refractivity contribution in [2.45, 2.75) is 13.8 Å². The largest absolute Gasteiger partial charge is 0.448 e. The molecule has 0 aliphatic carbocycles. The van der Waals surface area contributed by atoms with Gasteiger partial charge in [-0.15, -0.1) is 0 Å². The van der Waals surface area contributed by atoms with Crippen LogP contribution in [0.1, 0.15) is 13.8 Å². The zero-order valence-corrected chi connectivity index (χ0v) is 11.0. The van der Waals surface area contributed by atoms with Crippen molar-refractivity contribution in [2.75, 3.05) is 13.2 Å². The van der Waals surface area contributed by atoms with E-state index in [4.69, 9.17) is 9.47 Å². The highest BCUT2D eigenvalue weighted by atomic mass is 16.6. The number of hydrogen-bond donors (Lipinski definition) is 2. The van der Waals surface area contributed by atoms with Gasteiger partial charge in [0.25, 0.3) is 0 Å². The molecule has 0 spiro atoms. The second-order valence-electron chi connectivity index (χ2n) is 3.90. The number of rotatable bonds is 7. The fourth-order valence-corrected chi connectivity index (χ4v) is 0.913. The quantitative estimate of drug-likeness (QED) is 0.680. The predicted octanol–water partition coefficient (Wildman–Crippen LogP) is 1.32. The predicted molar refractivity (Wildman–Crippen MR) is 68.1 cm³/mol. The molecule has 0 aliphatic heterocycles. The maximum atomic E-state index is 11.1. The number of amides is 2. The standard InChI is InChI=1S/C12H18N2O5/c1-8(2)13-11(16)18-6-10(5-15)7-19-12(17)14-9(3)4/h5,10H,1,3,6-7H2,2,4H3,(H,13,16)(H,14,17). The van der Waals surface area contributed by atoms with E-state index in [2.05, 4.69) is 23.8 Å². The van der Waals surface area contributed by atoms with E-state index in [1.165, 1.54) is 0 Å². The topological polar surface area (TPSA) is 93.7 Å². The second kappa shape index (κ2) is 8.73. The number of alkyl carbamates (subject to hydrolysis) is 2. The number of aldehydes is 1. The average Bonchev–Trinajstić information content (AvgIpc) is 2.27. The molecule has 0 atom stereocenters. The Hall–Kier alpha value is -2.31. The Kier molecular flexibility index (Phi) is 7.67. The van der Waals surface area contributed by atoms with Crippen LogP contribution in [-0.4, -0.2) is 31.7 Å². The van der Waals surface area contributed by atoms with E-state index < -0.39 is 18.1 Å². The van der Waals surface area contributed by atoms with E-state index in [-0.39, 0.29) is 13.2 Å². The minimum Gasteiger partial charge on any atom is -0.448 e. The Morgan fingerprint density at radius 1 is 1.05 bits per heavy atom. The summed E-state index contributed by atoms with van der Waals surface area (Å²) in [7, 11) is 0. The average molecular weight is 270 g/mol. The molecule has 0 rings (SSSR count). The van der Waals surface area contributed by atoms with E-state index in [0.29, 0.717) is 17.7 Å². The van der Waals surface area contributed by atoms with Crippen LogP contribution in [0.5, 0.6) is 0 Å². The Labute approximate surface area is 111 Å². The first-order valence-electron chi connectivity index (χ1n) is 5.49. The number of ether oxygens (including phenoxy) is 2. The Morgan fingerprint density at radius 2 is 1.42 bits per heavy atom. The summed E-state index contributed by atoms with van der Waals surface area (Å²) in [5, 5.41) is 4.62. The first-order chi connectivity index (χ1) is 8.85. The van der Waals surface area contributed by atoms with Crippen molar-refractivity contribution in [3.05, 3.63) is 24.6 Å². The maximum absolute atomic E-state index is 11.1. The van der Waals surface area contributed by atoms with Crippen LogP contribution < -0.4 is 10.6 Å². The zero-order valence-electron chi connectivity index (χ0n) is 11.0. The van der Waals surface area contributed by atoms with Gasteiger partial charge in [-0.2, -0.15) is 0 Å². The molecular weight excluding hydrogens is 252 g/mol. The molecule has 0 saturated heterocycles. The Bertz CT molecular complexity index is 346. The maximum Gasteiger partial charge on any atom is 0.411 e. The zero-order chi connectivity index (χ0) is 14.8.